The van der Waals surface area contributed by atoms with E-state index in [1.807, 2.05) is 29.9 Å². The van der Waals surface area contributed by atoms with Crippen molar-refractivity contribution in [3.8, 4) is 0 Å². The van der Waals surface area contributed by atoms with E-state index in [4.69, 9.17) is 0 Å². The molecule has 0 radical (unpaired) electrons. The van der Waals surface area contributed by atoms with Crippen LogP contribution in [0.1, 0.15) is 22.1 Å². The van der Waals surface area contributed by atoms with Crippen molar-refractivity contribution in [3.63, 3.8) is 0 Å². The standard InChI is InChI=1S/C19H24F2N4O/c1-23-8-10-25(11-9-23)18(17-4-3-7-24(17)2)13-22-19(26)14-5-6-15(20)16(21)12-14/h3-7,12,18H,8-11,13H2,1-2H3,(H,22,26)/t18-/m0/s1. The molecule has 1 aliphatic heterocycles. The second kappa shape index (κ2) is 7.97. The number of amides is 1. The van der Waals surface area contributed by atoms with Crippen LogP contribution in [-0.4, -0.2) is 60.0 Å². The summed E-state index contributed by atoms with van der Waals surface area (Å²) in [5.41, 5.74) is 1.23. The molecule has 2 aromatic rings. The molecule has 2 heterocycles. The molecule has 1 fully saturated rings. The van der Waals surface area contributed by atoms with Gasteiger partial charge in [-0.25, -0.2) is 8.78 Å². The highest BCUT2D eigenvalue weighted by molar-refractivity contribution is 5.94. The van der Waals surface area contributed by atoms with E-state index in [-0.39, 0.29) is 11.6 Å². The first-order valence-corrected chi connectivity index (χ1v) is 8.73. The number of piperazine rings is 1. The Bertz CT molecular complexity index is 769. The van der Waals surface area contributed by atoms with E-state index < -0.39 is 17.5 Å². The van der Waals surface area contributed by atoms with Crippen molar-refractivity contribution in [1.29, 1.82) is 0 Å². The van der Waals surface area contributed by atoms with Crippen LogP contribution in [-0.2, 0) is 7.05 Å². The van der Waals surface area contributed by atoms with Gasteiger partial charge in [-0.3, -0.25) is 9.69 Å². The maximum Gasteiger partial charge on any atom is 0.251 e. The first-order valence-electron chi connectivity index (χ1n) is 8.73. The fraction of sp³-hybridized carbons (Fsp3) is 0.421. The third kappa shape index (κ3) is 4.11. The molecule has 1 amide bonds. The summed E-state index contributed by atoms with van der Waals surface area (Å²) in [6, 6.07) is 7.25. The summed E-state index contributed by atoms with van der Waals surface area (Å²) in [6.45, 7) is 4.16. The van der Waals surface area contributed by atoms with Gasteiger partial charge in [-0.15, -0.1) is 0 Å². The number of aromatic nitrogens is 1. The van der Waals surface area contributed by atoms with Gasteiger partial charge in [0, 0.05) is 57.2 Å². The molecule has 1 N–H and O–H groups in total. The molecule has 0 bridgehead atoms. The van der Waals surface area contributed by atoms with Gasteiger partial charge >= 0.3 is 0 Å². The van der Waals surface area contributed by atoms with Gasteiger partial charge in [0.25, 0.3) is 5.91 Å². The average molecular weight is 362 g/mol. The lowest BCUT2D eigenvalue weighted by Crippen LogP contribution is -2.48. The van der Waals surface area contributed by atoms with Crippen LogP contribution in [0.2, 0.25) is 0 Å². The first-order chi connectivity index (χ1) is 12.5. The van der Waals surface area contributed by atoms with Crippen LogP contribution in [0.25, 0.3) is 0 Å². The largest absolute Gasteiger partial charge is 0.353 e. The Morgan fingerprint density at radius 2 is 1.85 bits per heavy atom. The third-order valence-electron chi connectivity index (χ3n) is 4.94. The summed E-state index contributed by atoms with van der Waals surface area (Å²) in [5, 5.41) is 2.87. The maximum absolute atomic E-state index is 13.4. The summed E-state index contributed by atoms with van der Waals surface area (Å²) in [7, 11) is 4.08. The fourth-order valence-electron chi connectivity index (χ4n) is 3.30. The monoisotopic (exact) mass is 362 g/mol. The maximum atomic E-state index is 13.4. The first kappa shape index (κ1) is 18.5. The summed E-state index contributed by atoms with van der Waals surface area (Å²) >= 11 is 0. The fourth-order valence-corrected chi connectivity index (χ4v) is 3.30. The molecule has 0 aliphatic carbocycles. The molecule has 0 saturated carbocycles. The number of nitrogens with zero attached hydrogens (tertiary/aromatic N) is 3. The Hall–Kier alpha value is -2.25. The van der Waals surface area contributed by atoms with Crippen LogP contribution in [0.5, 0.6) is 0 Å². The van der Waals surface area contributed by atoms with Crippen LogP contribution in [0, 0.1) is 11.6 Å². The van der Waals surface area contributed by atoms with Crippen molar-refractivity contribution >= 4 is 5.91 Å². The highest BCUT2D eigenvalue weighted by atomic mass is 19.2. The van der Waals surface area contributed by atoms with E-state index in [0.717, 1.165) is 44.0 Å². The average Bonchev–Trinajstić information content (AvgIpc) is 3.04. The van der Waals surface area contributed by atoms with Crippen LogP contribution >= 0.6 is 0 Å². The second-order valence-corrected chi connectivity index (χ2v) is 6.74. The summed E-state index contributed by atoms with van der Waals surface area (Å²) in [6.07, 6.45) is 1.98. The predicted molar refractivity (Wildman–Crippen MR) is 95.9 cm³/mol. The van der Waals surface area contributed by atoms with Gasteiger partial charge in [-0.05, 0) is 37.4 Å². The van der Waals surface area contributed by atoms with Crippen LogP contribution in [0.3, 0.4) is 0 Å². The number of halogens is 2. The lowest BCUT2D eigenvalue weighted by atomic mass is 10.1. The second-order valence-electron chi connectivity index (χ2n) is 6.74. The van der Waals surface area contributed by atoms with Gasteiger partial charge in [0.15, 0.2) is 11.6 Å². The van der Waals surface area contributed by atoms with Crippen LogP contribution in [0.4, 0.5) is 8.78 Å². The molecule has 3 rings (SSSR count). The number of nitrogens with one attached hydrogen (secondary N) is 1. The number of carbonyl (C=O) groups is 1. The van der Waals surface area contributed by atoms with Gasteiger partial charge in [-0.2, -0.15) is 0 Å². The topological polar surface area (TPSA) is 40.5 Å². The number of likely N-dealkylation sites (N-methyl/N-ethyl adjacent to an activating group) is 1. The van der Waals surface area contributed by atoms with Crippen molar-refractivity contribution in [3.05, 3.63) is 59.4 Å². The Kier molecular flexibility index (Phi) is 5.68. The van der Waals surface area contributed by atoms with Gasteiger partial charge < -0.3 is 14.8 Å². The van der Waals surface area contributed by atoms with E-state index in [9.17, 15) is 13.6 Å². The molecule has 1 aromatic carbocycles. The number of hydrogen-bond donors (Lipinski definition) is 1. The SMILES string of the molecule is CN1CCN([C@@H](CNC(=O)c2ccc(F)c(F)c2)c2cccn2C)CC1. The summed E-state index contributed by atoms with van der Waals surface area (Å²) < 4.78 is 28.5. The minimum absolute atomic E-state index is 0.0259. The van der Waals surface area contributed by atoms with Crippen molar-refractivity contribution in [2.45, 2.75) is 6.04 Å². The van der Waals surface area contributed by atoms with Crippen molar-refractivity contribution in [1.82, 2.24) is 19.7 Å². The highest BCUT2D eigenvalue weighted by Crippen LogP contribution is 2.22. The molecular weight excluding hydrogens is 338 g/mol. The minimum atomic E-state index is -1.02. The quantitative estimate of drug-likeness (QED) is 0.885. The zero-order valence-corrected chi connectivity index (χ0v) is 15.1. The number of hydrogen-bond acceptors (Lipinski definition) is 3. The van der Waals surface area contributed by atoms with Crippen LogP contribution < -0.4 is 5.32 Å². The Labute approximate surface area is 152 Å². The van der Waals surface area contributed by atoms with Crippen molar-refractivity contribution < 1.29 is 13.6 Å². The summed E-state index contributed by atoms with van der Waals surface area (Å²) in [4.78, 5) is 17.0. The summed E-state index contributed by atoms with van der Waals surface area (Å²) in [5.74, 6) is -2.38. The molecule has 140 valence electrons. The lowest BCUT2D eigenvalue weighted by molar-refractivity contribution is 0.0876. The van der Waals surface area contributed by atoms with E-state index in [1.54, 1.807) is 0 Å². The van der Waals surface area contributed by atoms with Crippen molar-refractivity contribution in [2.24, 2.45) is 7.05 Å². The highest BCUT2D eigenvalue weighted by Gasteiger charge is 2.26. The van der Waals surface area contributed by atoms with E-state index in [1.165, 1.54) is 6.07 Å². The lowest BCUT2D eigenvalue weighted by Gasteiger charge is -2.38. The number of benzene rings is 1. The molecule has 1 aliphatic rings. The Balaban J connectivity index is 1.72. The minimum Gasteiger partial charge on any atom is -0.353 e. The van der Waals surface area contributed by atoms with Crippen LogP contribution in [0.15, 0.2) is 36.5 Å². The van der Waals surface area contributed by atoms with E-state index >= 15 is 0 Å². The number of aryl methyl sites for hydroxylation is 1. The van der Waals surface area contributed by atoms with Gasteiger partial charge in [0.1, 0.15) is 0 Å². The molecule has 0 unspecified atom stereocenters. The van der Waals surface area contributed by atoms with Gasteiger partial charge in [-0.1, -0.05) is 0 Å². The zero-order chi connectivity index (χ0) is 18.7. The van der Waals surface area contributed by atoms with E-state index in [2.05, 4.69) is 22.2 Å². The molecule has 1 saturated heterocycles. The van der Waals surface area contributed by atoms with E-state index in [0.29, 0.717) is 6.54 Å². The predicted octanol–water partition coefficient (Wildman–Crippen LogP) is 2.02. The Morgan fingerprint density at radius 3 is 2.46 bits per heavy atom. The number of rotatable bonds is 5. The third-order valence-corrected chi connectivity index (χ3v) is 4.94. The normalized spacial score (nSPS) is 17.2. The molecule has 1 atom stereocenters. The Morgan fingerprint density at radius 1 is 1.12 bits per heavy atom. The molecule has 1 aromatic heterocycles. The molecular formula is C19H24F2N4O. The molecule has 5 nitrogen and oxygen atoms in total. The zero-order valence-electron chi connectivity index (χ0n) is 15.1. The van der Waals surface area contributed by atoms with Crippen molar-refractivity contribution in [2.75, 3.05) is 39.8 Å². The van der Waals surface area contributed by atoms with Gasteiger partial charge in [0.05, 0.1) is 6.04 Å². The van der Waals surface area contributed by atoms with Gasteiger partial charge in [0.2, 0.25) is 0 Å². The molecule has 0 spiro atoms. The smallest absolute Gasteiger partial charge is 0.251 e. The number of carbonyl (C=O) groups excluding carboxylic acids is 1. The molecule has 26 heavy (non-hydrogen) atoms. The molecule has 7 heteroatoms.